The summed E-state index contributed by atoms with van der Waals surface area (Å²) < 4.78 is 20.3. The Labute approximate surface area is 121 Å². The van der Waals surface area contributed by atoms with Crippen LogP contribution in [-0.2, 0) is 5.41 Å². The van der Waals surface area contributed by atoms with Gasteiger partial charge in [-0.1, -0.05) is 32.4 Å². The van der Waals surface area contributed by atoms with Crippen LogP contribution in [0.2, 0.25) is 5.02 Å². The molecule has 0 fully saturated rings. The zero-order chi connectivity index (χ0) is 14.2. The quantitative estimate of drug-likeness (QED) is 0.776. The van der Waals surface area contributed by atoms with Crippen molar-refractivity contribution in [3.63, 3.8) is 0 Å². The fourth-order valence-electron chi connectivity index (χ4n) is 1.70. The highest BCUT2D eigenvalue weighted by Gasteiger charge is 2.25. The average Bonchev–Trinajstić information content (AvgIpc) is 2.79. The molecule has 0 saturated heterocycles. The molecule has 0 aliphatic rings. The van der Waals surface area contributed by atoms with Crippen LogP contribution < -0.4 is 4.74 Å². The van der Waals surface area contributed by atoms with Crippen molar-refractivity contribution < 1.29 is 9.13 Å². The molecule has 0 saturated carbocycles. The first-order valence-corrected chi connectivity index (χ1v) is 7.52. The maximum Gasteiger partial charge on any atom is 0.185 e. The van der Waals surface area contributed by atoms with Gasteiger partial charge in [-0.3, -0.25) is 0 Å². The summed E-state index contributed by atoms with van der Waals surface area (Å²) in [6, 6.07) is 1.63. The number of ether oxygens (including phenoxy) is 1. The van der Waals surface area contributed by atoms with Gasteiger partial charge >= 0.3 is 0 Å². The Morgan fingerprint density at radius 1 is 1.42 bits per heavy atom. The second-order valence-electron chi connectivity index (χ2n) is 5.04. The summed E-state index contributed by atoms with van der Waals surface area (Å²) in [4.78, 5) is 4.57. The third-order valence-corrected chi connectivity index (χ3v) is 4.93. The van der Waals surface area contributed by atoms with Gasteiger partial charge in [0, 0.05) is 5.41 Å². The lowest BCUT2D eigenvalue weighted by Crippen LogP contribution is -2.14. The minimum atomic E-state index is -0.526. The van der Waals surface area contributed by atoms with Crippen LogP contribution in [0.25, 0.3) is 10.2 Å². The number of thiazole rings is 1. The molecule has 0 bridgehead atoms. The van der Waals surface area contributed by atoms with Crippen molar-refractivity contribution in [3.8, 4) is 5.75 Å². The highest BCUT2D eigenvalue weighted by molar-refractivity contribution is 7.18. The number of benzene rings is 1. The standard InChI is InChI=1S/C14H17ClFNOS/c1-5-14(3,4)13-17-11-9(19-13)7-8(15)10(16)12(11)18-6-2/h7H,5-6H2,1-4H3. The first-order valence-electron chi connectivity index (χ1n) is 6.32. The highest BCUT2D eigenvalue weighted by Crippen LogP contribution is 2.40. The van der Waals surface area contributed by atoms with Crippen molar-refractivity contribution in [2.24, 2.45) is 0 Å². The molecule has 0 radical (unpaired) electrons. The third-order valence-electron chi connectivity index (χ3n) is 3.29. The number of hydrogen-bond donors (Lipinski definition) is 0. The molecule has 1 aromatic carbocycles. The lowest BCUT2D eigenvalue weighted by Gasteiger charge is -2.18. The van der Waals surface area contributed by atoms with Crippen molar-refractivity contribution in [1.82, 2.24) is 4.98 Å². The largest absolute Gasteiger partial charge is 0.488 e. The minimum absolute atomic E-state index is 0.0316. The van der Waals surface area contributed by atoms with Gasteiger partial charge in [0.15, 0.2) is 11.6 Å². The lowest BCUT2D eigenvalue weighted by molar-refractivity contribution is 0.325. The Balaban J connectivity index is 2.68. The number of hydrogen-bond acceptors (Lipinski definition) is 3. The van der Waals surface area contributed by atoms with E-state index in [1.54, 1.807) is 17.4 Å². The molecule has 0 N–H and O–H groups in total. The van der Waals surface area contributed by atoms with E-state index in [2.05, 4.69) is 25.8 Å². The zero-order valence-electron chi connectivity index (χ0n) is 11.5. The van der Waals surface area contributed by atoms with E-state index in [9.17, 15) is 4.39 Å². The molecule has 0 amide bonds. The maximum atomic E-state index is 14.0. The lowest BCUT2D eigenvalue weighted by atomic mass is 9.91. The molecule has 1 heterocycles. The molecule has 5 heteroatoms. The van der Waals surface area contributed by atoms with Crippen LogP contribution in [-0.4, -0.2) is 11.6 Å². The van der Waals surface area contributed by atoms with Crippen molar-refractivity contribution in [2.45, 2.75) is 39.5 Å². The van der Waals surface area contributed by atoms with Crippen LogP contribution in [0.5, 0.6) is 5.75 Å². The SMILES string of the molecule is CCOc1c(F)c(Cl)cc2sc(C(C)(C)CC)nc12. The van der Waals surface area contributed by atoms with Crippen molar-refractivity contribution in [3.05, 3.63) is 21.9 Å². The second-order valence-corrected chi connectivity index (χ2v) is 6.48. The summed E-state index contributed by atoms with van der Waals surface area (Å²) in [5.74, 6) is -0.360. The molecule has 2 rings (SSSR count). The Morgan fingerprint density at radius 2 is 2.11 bits per heavy atom. The van der Waals surface area contributed by atoms with Crippen LogP contribution in [0.15, 0.2) is 6.07 Å². The molecule has 0 spiro atoms. The number of rotatable bonds is 4. The first kappa shape index (κ1) is 14.5. The van der Waals surface area contributed by atoms with E-state index in [1.807, 2.05) is 6.92 Å². The Hall–Kier alpha value is -0.870. The first-order chi connectivity index (χ1) is 8.90. The van der Waals surface area contributed by atoms with Crippen LogP contribution in [0.1, 0.15) is 39.1 Å². The van der Waals surface area contributed by atoms with Crippen LogP contribution in [0.3, 0.4) is 0 Å². The molecular formula is C14H17ClFNOS. The van der Waals surface area contributed by atoms with Gasteiger partial charge in [0.1, 0.15) is 5.52 Å². The molecular weight excluding hydrogens is 285 g/mol. The number of fused-ring (bicyclic) bond motifs is 1. The fraction of sp³-hybridized carbons (Fsp3) is 0.500. The molecule has 104 valence electrons. The Kier molecular flexibility index (Phi) is 4.02. The predicted molar refractivity (Wildman–Crippen MR) is 79.1 cm³/mol. The molecule has 1 aromatic heterocycles. The predicted octanol–water partition coefficient (Wildman–Crippen LogP) is 5.18. The molecule has 0 aliphatic heterocycles. The second kappa shape index (κ2) is 5.25. The fourth-order valence-corrected chi connectivity index (χ4v) is 3.14. The van der Waals surface area contributed by atoms with Crippen LogP contribution in [0.4, 0.5) is 4.39 Å². The van der Waals surface area contributed by atoms with Gasteiger partial charge in [-0.15, -0.1) is 11.3 Å². The van der Waals surface area contributed by atoms with Gasteiger partial charge in [-0.25, -0.2) is 9.37 Å². The summed E-state index contributed by atoms with van der Waals surface area (Å²) in [5.41, 5.74) is 0.543. The number of halogens is 2. The summed E-state index contributed by atoms with van der Waals surface area (Å²) in [6.45, 7) is 8.57. The van der Waals surface area contributed by atoms with Crippen molar-refractivity contribution >= 4 is 33.2 Å². The summed E-state index contributed by atoms with van der Waals surface area (Å²) >= 11 is 7.46. The third kappa shape index (κ3) is 2.56. The van der Waals surface area contributed by atoms with Crippen molar-refractivity contribution in [1.29, 1.82) is 0 Å². The van der Waals surface area contributed by atoms with Gasteiger partial charge in [0.05, 0.1) is 21.3 Å². The van der Waals surface area contributed by atoms with Crippen LogP contribution in [0, 0.1) is 5.82 Å². The van der Waals surface area contributed by atoms with Gasteiger partial charge in [-0.05, 0) is 19.4 Å². The van der Waals surface area contributed by atoms with E-state index in [-0.39, 0.29) is 16.2 Å². The topological polar surface area (TPSA) is 22.1 Å². The number of aromatic nitrogens is 1. The normalized spacial score (nSPS) is 12.1. The van der Waals surface area contributed by atoms with E-state index in [0.29, 0.717) is 12.1 Å². The van der Waals surface area contributed by atoms with Gasteiger partial charge in [0.2, 0.25) is 0 Å². The zero-order valence-corrected chi connectivity index (χ0v) is 13.1. The molecule has 0 atom stereocenters. The van der Waals surface area contributed by atoms with Crippen LogP contribution >= 0.6 is 22.9 Å². The monoisotopic (exact) mass is 301 g/mol. The van der Waals surface area contributed by atoms with E-state index in [0.717, 1.165) is 16.1 Å². The van der Waals surface area contributed by atoms with E-state index >= 15 is 0 Å². The Morgan fingerprint density at radius 3 is 2.68 bits per heavy atom. The molecule has 19 heavy (non-hydrogen) atoms. The number of nitrogens with zero attached hydrogens (tertiary/aromatic N) is 1. The van der Waals surface area contributed by atoms with Gasteiger partial charge in [-0.2, -0.15) is 0 Å². The van der Waals surface area contributed by atoms with E-state index < -0.39 is 5.82 Å². The van der Waals surface area contributed by atoms with Gasteiger partial charge in [0.25, 0.3) is 0 Å². The minimum Gasteiger partial charge on any atom is -0.488 e. The van der Waals surface area contributed by atoms with Gasteiger partial charge < -0.3 is 4.74 Å². The smallest absolute Gasteiger partial charge is 0.185 e. The highest BCUT2D eigenvalue weighted by atomic mass is 35.5. The Bertz CT molecular complexity index is 609. The summed E-state index contributed by atoms with van der Waals surface area (Å²) in [5, 5.41) is 1.06. The maximum absolute atomic E-state index is 14.0. The van der Waals surface area contributed by atoms with E-state index in [1.165, 1.54) is 0 Å². The molecule has 2 aromatic rings. The summed E-state index contributed by atoms with van der Waals surface area (Å²) in [6.07, 6.45) is 0.965. The molecule has 0 unspecified atom stereocenters. The summed E-state index contributed by atoms with van der Waals surface area (Å²) in [7, 11) is 0. The molecule has 0 aliphatic carbocycles. The molecule has 2 nitrogen and oxygen atoms in total. The van der Waals surface area contributed by atoms with E-state index in [4.69, 9.17) is 16.3 Å². The average molecular weight is 302 g/mol. The van der Waals surface area contributed by atoms with Crippen molar-refractivity contribution in [2.75, 3.05) is 6.61 Å².